The van der Waals surface area contributed by atoms with E-state index in [-0.39, 0.29) is 29.6 Å². The highest BCUT2D eigenvalue weighted by Gasteiger charge is 2.32. The summed E-state index contributed by atoms with van der Waals surface area (Å²) >= 11 is 0. The van der Waals surface area contributed by atoms with Crippen LogP contribution >= 0.6 is 12.4 Å². The van der Waals surface area contributed by atoms with Gasteiger partial charge in [-0.2, -0.15) is 0 Å². The molecule has 2 bridgehead atoms. The average molecular weight is 383 g/mol. The molecule has 0 radical (unpaired) electrons. The summed E-state index contributed by atoms with van der Waals surface area (Å²) < 4.78 is 0. The van der Waals surface area contributed by atoms with Crippen molar-refractivity contribution >= 4 is 29.9 Å². The molecule has 142 valence electrons. The molecule has 2 heterocycles. The molecule has 3 rings (SSSR count). The molecule has 2 aliphatic heterocycles. The van der Waals surface area contributed by atoms with Crippen molar-refractivity contribution < 1.29 is 14.5 Å². The van der Waals surface area contributed by atoms with Gasteiger partial charge in [0, 0.05) is 42.9 Å². The van der Waals surface area contributed by atoms with Crippen LogP contribution in [0.4, 0.5) is 5.69 Å². The zero-order valence-electron chi connectivity index (χ0n) is 14.5. The molecule has 2 amide bonds. The predicted octanol–water partition coefficient (Wildman–Crippen LogP) is 1.49. The predicted molar refractivity (Wildman–Crippen MR) is 98.4 cm³/mol. The minimum Gasteiger partial charge on any atom is -0.341 e. The van der Waals surface area contributed by atoms with E-state index in [4.69, 9.17) is 0 Å². The number of halogens is 1. The van der Waals surface area contributed by atoms with Crippen molar-refractivity contribution in [3.63, 3.8) is 0 Å². The molecule has 0 aliphatic carbocycles. The second-order valence-corrected chi connectivity index (χ2v) is 6.71. The van der Waals surface area contributed by atoms with Crippen LogP contribution in [-0.4, -0.2) is 52.9 Å². The highest BCUT2D eigenvalue weighted by molar-refractivity contribution is 5.97. The number of fused-ring (bicyclic) bond motifs is 2. The quantitative estimate of drug-likeness (QED) is 0.606. The fourth-order valence-electron chi connectivity index (χ4n) is 3.52. The Morgan fingerprint density at radius 2 is 2.04 bits per heavy atom. The summed E-state index contributed by atoms with van der Waals surface area (Å²) in [4.78, 5) is 37.0. The molecule has 8 nitrogen and oxygen atoms in total. The van der Waals surface area contributed by atoms with Crippen molar-refractivity contribution in [2.75, 3.05) is 13.1 Å². The van der Waals surface area contributed by atoms with Crippen LogP contribution in [0.3, 0.4) is 0 Å². The molecule has 9 heteroatoms. The van der Waals surface area contributed by atoms with Gasteiger partial charge in [-0.05, 0) is 32.3 Å². The molecule has 3 atom stereocenters. The molecule has 1 aromatic carbocycles. The van der Waals surface area contributed by atoms with E-state index in [2.05, 4.69) is 10.6 Å². The highest BCUT2D eigenvalue weighted by atomic mass is 35.5. The third-order valence-corrected chi connectivity index (χ3v) is 4.87. The van der Waals surface area contributed by atoms with Crippen molar-refractivity contribution in [3.05, 3.63) is 39.9 Å². The number of likely N-dealkylation sites (tertiary alicyclic amines) is 1. The van der Waals surface area contributed by atoms with E-state index >= 15 is 0 Å². The van der Waals surface area contributed by atoms with Crippen molar-refractivity contribution in [1.29, 1.82) is 0 Å². The third-order valence-electron chi connectivity index (χ3n) is 4.87. The van der Waals surface area contributed by atoms with E-state index in [0.717, 1.165) is 19.3 Å². The SMILES string of the molecule is CC(NC(=O)c1cccc([N+](=O)[O-])c1)C(=O)N1CCC2CCC(C1)N2.Cl. The van der Waals surface area contributed by atoms with Gasteiger partial charge in [0.2, 0.25) is 5.91 Å². The van der Waals surface area contributed by atoms with Gasteiger partial charge in [-0.25, -0.2) is 0 Å². The number of non-ortho nitro benzene ring substituents is 1. The number of nitro groups is 1. The lowest BCUT2D eigenvalue weighted by molar-refractivity contribution is -0.384. The van der Waals surface area contributed by atoms with Gasteiger partial charge in [0.1, 0.15) is 6.04 Å². The van der Waals surface area contributed by atoms with Crippen LogP contribution in [0.25, 0.3) is 0 Å². The maximum absolute atomic E-state index is 12.6. The Hall–Kier alpha value is -2.19. The van der Waals surface area contributed by atoms with Crippen LogP contribution < -0.4 is 10.6 Å². The number of carbonyl (C=O) groups is 2. The first kappa shape index (κ1) is 20.1. The molecule has 2 saturated heterocycles. The summed E-state index contributed by atoms with van der Waals surface area (Å²) in [5.41, 5.74) is 0.0201. The summed E-state index contributed by atoms with van der Waals surface area (Å²) in [6.45, 7) is 2.99. The summed E-state index contributed by atoms with van der Waals surface area (Å²) in [5, 5.41) is 17.0. The molecule has 0 aromatic heterocycles. The molecule has 1 aromatic rings. The molecule has 0 spiro atoms. The van der Waals surface area contributed by atoms with Crippen LogP contribution in [0.5, 0.6) is 0 Å². The minimum absolute atomic E-state index is 0. The van der Waals surface area contributed by atoms with Crippen molar-refractivity contribution in [1.82, 2.24) is 15.5 Å². The maximum Gasteiger partial charge on any atom is 0.270 e. The largest absolute Gasteiger partial charge is 0.341 e. The summed E-state index contributed by atoms with van der Waals surface area (Å²) in [6.07, 6.45) is 3.16. The Kier molecular flexibility index (Phi) is 6.55. The Morgan fingerprint density at radius 1 is 1.31 bits per heavy atom. The van der Waals surface area contributed by atoms with E-state index in [1.54, 1.807) is 11.8 Å². The van der Waals surface area contributed by atoms with Gasteiger partial charge in [0.05, 0.1) is 4.92 Å². The first-order chi connectivity index (χ1) is 11.9. The fourth-order valence-corrected chi connectivity index (χ4v) is 3.52. The normalized spacial score (nSPS) is 22.7. The number of hydrogen-bond donors (Lipinski definition) is 2. The molecular formula is C17H23ClN4O4. The number of nitrogens with zero attached hydrogens (tertiary/aromatic N) is 2. The number of nitrogens with one attached hydrogen (secondary N) is 2. The van der Waals surface area contributed by atoms with E-state index in [9.17, 15) is 19.7 Å². The summed E-state index contributed by atoms with van der Waals surface area (Å²) in [5.74, 6) is -0.604. The van der Waals surface area contributed by atoms with Crippen molar-refractivity contribution in [3.8, 4) is 0 Å². The fraction of sp³-hybridized carbons (Fsp3) is 0.529. The number of carbonyl (C=O) groups excluding carboxylic acids is 2. The van der Waals surface area contributed by atoms with Crippen LogP contribution in [0.15, 0.2) is 24.3 Å². The minimum atomic E-state index is -0.677. The summed E-state index contributed by atoms with van der Waals surface area (Å²) in [6, 6.07) is 5.62. The highest BCUT2D eigenvalue weighted by Crippen LogP contribution is 2.21. The van der Waals surface area contributed by atoms with E-state index < -0.39 is 16.9 Å². The number of hydrogen-bond acceptors (Lipinski definition) is 5. The van der Waals surface area contributed by atoms with Crippen molar-refractivity contribution in [2.24, 2.45) is 0 Å². The Balaban J connectivity index is 0.00000243. The van der Waals surface area contributed by atoms with Crippen LogP contribution in [0, 0.1) is 10.1 Å². The topological polar surface area (TPSA) is 105 Å². The lowest BCUT2D eigenvalue weighted by Gasteiger charge is -2.27. The molecular weight excluding hydrogens is 360 g/mol. The number of amides is 2. The van der Waals surface area contributed by atoms with Crippen LogP contribution in [0.2, 0.25) is 0 Å². The number of rotatable bonds is 4. The maximum atomic E-state index is 12.6. The zero-order chi connectivity index (χ0) is 18.0. The number of nitro benzene ring substituents is 1. The molecule has 3 unspecified atom stereocenters. The second kappa shape index (κ2) is 8.46. The van der Waals surface area contributed by atoms with Crippen molar-refractivity contribution in [2.45, 2.75) is 44.3 Å². The average Bonchev–Trinajstić information content (AvgIpc) is 2.93. The monoisotopic (exact) mass is 382 g/mol. The van der Waals surface area contributed by atoms with Crippen LogP contribution in [0.1, 0.15) is 36.5 Å². The molecule has 2 N–H and O–H groups in total. The smallest absolute Gasteiger partial charge is 0.270 e. The number of benzene rings is 1. The van der Waals surface area contributed by atoms with Gasteiger partial charge in [-0.3, -0.25) is 19.7 Å². The standard InChI is InChI=1S/C17H22N4O4.ClH/c1-11(17(23)20-8-7-13-5-6-14(10-20)19-13)18-16(22)12-3-2-4-15(9-12)21(24)25;/h2-4,9,11,13-14,19H,5-8,10H2,1H3,(H,18,22);1H. The van der Waals surface area contributed by atoms with Gasteiger partial charge in [-0.15, -0.1) is 12.4 Å². The Morgan fingerprint density at radius 3 is 2.77 bits per heavy atom. The second-order valence-electron chi connectivity index (χ2n) is 6.71. The molecule has 26 heavy (non-hydrogen) atoms. The third kappa shape index (κ3) is 4.50. The molecule has 2 fully saturated rings. The molecule has 2 aliphatic rings. The molecule has 0 saturated carbocycles. The van der Waals surface area contributed by atoms with E-state index in [0.29, 0.717) is 25.2 Å². The summed E-state index contributed by atoms with van der Waals surface area (Å²) in [7, 11) is 0. The first-order valence-electron chi connectivity index (χ1n) is 8.54. The van der Waals surface area contributed by atoms with Gasteiger partial charge in [0.15, 0.2) is 0 Å². The van der Waals surface area contributed by atoms with Gasteiger partial charge in [-0.1, -0.05) is 6.07 Å². The van der Waals surface area contributed by atoms with E-state index in [1.165, 1.54) is 24.3 Å². The Bertz CT molecular complexity index is 699. The van der Waals surface area contributed by atoms with Gasteiger partial charge < -0.3 is 15.5 Å². The van der Waals surface area contributed by atoms with Gasteiger partial charge >= 0.3 is 0 Å². The lowest BCUT2D eigenvalue weighted by Crippen LogP contribution is -2.49. The Labute approximate surface area is 157 Å². The lowest BCUT2D eigenvalue weighted by atomic mass is 10.1. The van der Waals surface area contributed by atoms with Gasteiger partial charge in [0.25, 0.3) is 11.6 Å². The first-order valence-corrected chi connectivity index (χ1v) is 8.54. The van der Waals surface area contributed by atoms with Crippen LogP contribution in [-0.2, 0) is 4.79 Å². The van der Waals surface area contributed by atoms with E-state index in [1.807, 2.05) is 0 Å². The zero-order valence-corrected chi connectivity index (χ0v) is 15.3.